The zero-order valence-corrected chi connectivity index (χ0v) is 7.23. The third-order valence-electron chi connectivity index (χ3n) is 2.29. The molecule has 1 heterocycles. The van der Waals surface area contributed by atoms with Gasteiger partial charge in [0.2, 0.25) is 0 Å². The van der Waals surface area contributed by atoms with E-state index in [1.54, 1.807) is 12.2 Å². The van der Waals surface area contributed by atoms with E-state index in [0.29, 0.717) is 0 Å². The summed E-state index contributed by atoms with van der Waals surface area (Å²) in [5.41, 5.74) is 0.973. The van der Waals surface area contributed by atoms with Crippen molar-refractivity contribution in [2.24, 2.45) is 5.92 Å². The van der Waals surface area contributed by atoms with Gasteiger partial charge in [0.25, 0.3) is 0 Å². The Morgan fingerprint density at radius 3 is 3.08 bits per heavy atom. The van der Waals surface area contributed by atoms with Crippen molar-refractivity contribution in [3.63, 3.8) is 0 Å². The number of fused-ring (bicyclic) bond motifs is 1. The molecule has 0 aromatic carbocycles. The lowest BCUT2D eigenvalue weighted by molar-refractivity contribution is -0.143. The maximum absolute atomic E-state index is 11.0. The lowest BCUT2D eigenvalue weighted by atomic mass is 9.88. The predicted octanol–water partition coefficient (Wildman–Crippen LogP) is 1.49. The van der Waals surface area contributed by atoms with Gasteiger partial charge >= 0.3 is 5.97 Å². The molecule has 2 unspecified atom stereocenters. The fraction of sp³-hybridized carbons (Fsp3) is 0.300. The van der Waals surface area contributed by atoms with Crippen LogP contribution in [-0.2, 0) is 9.53 Å². The zero-order valence-electron chi connectivity index (χ0n) is 7.23. The monoisotopic (exact) mass is 178 g/mol. The Hall–Kier alpha value is -1.51. The Balaban J connectivity index is 2.34. The molecule has 0 radical (unpaired) electrons. The largest absolute Gasteiger partial charge is 0.508 e. The number of carbonyl (C=O) groups is 1. The van der Waals surface area contributed by atoms with E-state index in [-0.39, 0.29) is 23.8 Å². The maximum Gasteiger partial charge on any atom is 0.331 e. The topological polar surface area (TPSA) is 46.5 Å². The van der Waals surface area contributed by atoms with Crippen LogP contribution in [0.15, 0.2) is 35.6 Å². The first-order valence-electron chi connectivity index (χ1n) is 4.14. The highest BCUT2D eigenvalue weighted by Gasteiger charge is 2.29. The molecule has 0 spiro atoms. The van der Waals surface area contributed by atoms with Gasteiger partial charge in [0, 0.05) is 12.0 Å². The molecule has 2 rings (SSSR count). The SMILES string of the molecule is CC1=CC(=O)OC2C=C(O)C=CC12. The molecule has 68 valence electrons. The number of hydrogen-bond acceptors (Lipinski definition) is 3. The van der Waals surface area contributed by atoms with Crippen LogP contribution in [0.4, 0.5) is 0 Å². The van der Waals surface area contributed by atoms with Crippen molar-refractivity contribution in [2.45, 2.75) is 13.0 Å². The van der Waals surface area contributed by atoms with E-state index < -0.39 is 0 Å². The number of allylic oxidation sites excluding steroid dienone is 1. The predicted molar refractivity (Wildman–Crippen MR) is 47.0 cm³/mol. The van der Waals surface area contributed by atoms with Gasteiger partial charge in [-0.3, -0.25) is 0 Å². The molecule has 0 amide bonds. The fourth-order valence-corrected chi connectivity index (χ4v) is 1.61. The molecule has 2 atom stereocenters. The Bertz CT molecular complexity index is 336. The number of rotatable bonds is 0. The summed E-state index contributed by atoms with van der Waals surface area (Å²) >= 11 is 0. The summed E-state index contributed by atoms with van der Waals surface area (Å²) in [6.07, 6.45) is 6.18. The highest BCUT2D eigenvalue weighted by molar-refractivity contribution is 5.84. The number of aliphatic hydroxyl groups excluding tert-OH is 1. The highest BCUT2D eigenvalue weighted by atomic mass is 16.5. The number of esters is 1. The standard InChI is InChI=1S/C10H10O3/c1-6-4-10(12)13-9-5-7(11)2-3-8(6)9/h2-5,8-9,11H,1H3. The van der Waals surface area contributed by atoms with Crippen molar-refractivity contribution in [1.82, 2.24) is 0 Å². The van der Waals surface area contributed by atoms with Crippen LogP contribution in [-0.4, -0.2) is 17.2 Å². The van der Waals surface area contributed by atoms with Crippen LogP contribution >= 0.6 is 0 Å². The molecule has 0 aromatic rings. The molecular weight excluding hydrogens is 168 g/mol. The van der Waals surface area contributed by atoms with Gasteiger partial charge < -0.3 is 9.84 Å². The van der Waals surface area contributed by atoms with Crippen LogP contribution in [0.25, 0.3) is 0 Å². The minimum absolute atomic E-state index is 0.0913. The van der Waals surface area contributed by atoms with E-state index in [4.69, 9.17) is 4.74 Å². The molecule has 0 bridgehead atoms. The second-order valence-electron chi connectivity index (χ2n) is 3.27. The zero-order chi connectivity index (χ0) is 9.42. The van der Waals surface area contributed by atoms with Crippen molar-refractivity contribution >= 4 is 5.97 Å². The first-order chi connectivity index (χ1) is 6.16. The summed E-state index contributed by atoms with van der Waals surface area (Å²) in [6.45, 7) is 1.89. The van der Waals surface area contributed by atoms with Gasteiger partial charge in [-0.1, -0.05) is 11.6 Å². The highest BCUT2D eigenvalue weighted by Crippen LogP contribution is 2.28. The van der Waals surface area contributed by atoms with Crippen molar-refractivity contribution in [2.75, 3.05) is 0 Å². The lowest BCUT2D eigenvalue weighted by Gasteiger charge is -2.28. The average Bonchev–Trinajstić information content (AvgIpc) is 2.02. The van der Waals surface area contributed by atoms with Gasteiger partial charge in [0.1, 0.15) is 11.9 Å². The van der Waals surface area contributed by atoms with Crippen LogP contribution in [0, 0.1) is 5.92 Å². The lowest BCUT2D eigenvalue weighted by Crippen LogP contribution is -2.30. The number of ether oxygens (including phenoxy) is 1. The molecule has 13 heavy (non-hydrogen) atoms. The summed E-state index contributed by atoms with van der Waals surface area (Å²) < 4.78 is 5.03. The van der Waals surface area contributed by atoms with Crippen LogP contribution in [0.1, 0.15) is 6.92 Å². The molecule has 1 N–H and O–H groups in total. The second-order valence-corrected chi connectivity index (χ2v) is 3.27. The average molecular weight is 178 g/mol. The molecule has 0 saturated carbocycles. The summed E-state index contributed by atoms with van der Waals surface area (Å²) in [4.78, 5) is 11.0. The molecule has 0 fully saturated rings. The van der Waals surface area contributed by atoms with Gasteiger partial charge in [-0.2, -0.15) is 0 Å². The van der Waals surface area contributed by atoms with Crippen molar-refractivity contribution in [3.8, 4) is 0 Å². The second kappa shape index (κ2) is 2.76. The first kappa shape index (κ1) is 8.10. The van der Waals surface area contributed by atoms with E-state index in [1.165, 1.54) is 6.08 Å². The van der Waals surface area contributed by atoms with Gasteiger partial charge in [0.15, 0.2) is 0 Å². The molecule has 3 heteroatoms. The third kappa shape index (κ3) is 1.37. The minimum atomic E-state index is -0.335. The van der Waals surface area contributed by atoms with Crippen molar-refractivity contribution in [1.29, 1.82) is 0 Å². The number of hydrogen-bond donors (Lipinski definition) is 1. The van der Waals surface area contributed by atoms with E-state index in [2.05, 4.69) is 0 Å². The quantitative estimate of drug-likeness (QED) is 0.571. The Morgan fingerprint density at radius 2 is 2.31 bits per heavy atom. The van der Waals surface area contributed by atoms with Crippen LogP contribution in [0.5, 0.6) is 0 Å². The van der Waals surface area contributed by atoms with Gasteiger partial charge in [-0.25, -0.2) is 4.79 Å². The Labute approximate surface area is 76.0 Å². The van der Waals surface area contributed by atoms with E-state index in [0.717, 1.165) is 5.57 Å². The van der Waals surface area contributed by atoms with Crippen LogP contribution < -0.4 is 0 Å². The van der Waals surface area contributed by atoms with E-state index >= 15 is 0 Å². The van der Waals surface area contributed by atoms with Crippen molar-refractivity contribution in [3.05, 3.63) is 35.6 Å². The molecule has 0 aromatic heterocycles. The molecule has 2 aliphatic rings. The Kier molecular flexibility index (Phi) is 1.72. The first-order valence-corrected chi connectivity index (χ1v) is 4.14. The van der Waals surface area contributed by atoms with Gasteiger partial charge in [-0.05, 0) is 19.1 Å². The van der Waals surface area contributed by atoms with Gasteiger partial charge in [0.05, 0.1) is 0 Å². The number of carbonyl (C=O) groups excluding carboxylic acids is 1. The van der Waals surface area contributed by atoms with Crippen LogP contribution in [0.2, 0.25) is 0 Å². The molecular formula is C10H10O3. The Morgan fingerprint density at radius 1 is 1.54 bits per heavy atom. The smallest absolute Gasteiger partial charge is 0.331 e. The molecule has 1 aliphatic carbocycles. The normalized spacial score (nSPS) is 31.6. The van der Waals surface area contributed by atoms with E-state index in [1.807, 2.05) is 13.0 Å². The maximum atomic E-state index is 11.0. The molecule has 1 aliphatic heterocycles. The summed E-state index contributed by atoms with van der Waals surface area (Å²) in [7, 11) is 0. The molecule has 0 saturated heterocycles. The minimum Gasteiger partial charge on any atom is -0.508 e. The molecule has 3 nitrogen and oxygen atoms in total. The van der Waals surface area contributed by atoms with Crippen LogP contribution in [0.3, 0.4) is 0 Å². The third-order valence-corrected chi connectivity index (χ3v) is 2.29. The summed E-state index contributed by atoms with van der Waals surface area (Å²) in [5, 5.41) is 9.18. The van der Waals surface area contributed by atoms with Crippen molar-refractivity contribution < 1.29 is 14.6 Å². The summed E-state index contributed by atoms with van der Waals surface area (Å²) in [5.74, 6) is -0.0875. The van der Waals surface area contributed by atoms with Gasteiger partial charge in [-0.15, -0.1) is 0 Å². The summed E-state index contributed by atoms with van der Waals surface area (Å²) in [6, 6.07) is 0. The fourth-order valence-electron chi connectivity index (χ4n) is 1.61. The number of aliphatic hydroxyl groups is 1. The van der Waals surface area contributed by atoms with E-state index in [9.17, 15) is 9.90 Å².